The van der Waals surface area contributed by atoms with Gasteiger partial charge >= 0.3 is 30.8 Å². The minimum Gasteiger partial charge on any atom is -1.00 e. The molecule has 4 aromatic rings. The van der Waals surface area contributed by atoms with Gasteiger partial charge in [-0.1, -0.05) is 0 Å². The summed E-state index contributed by atoms with van der Waals surface area (Å²) in [6, 6.07) is 6.92. The number of aromatic nitrogens is 2. The number of hydrogen-bond donors (Lipinski definition) is 1. The molecule has 0 saturated carbocycles. The first-order chi connectivity index (χ1) is 29.4. The van der Waals surface area contributed by atoms with Gasteiger partial charge in [-0.05, 0) is 96.7 Å². The van der Waals surface area contributed by atoms with Crippen molar-refractivity contribution in [2.75, 3.05) is 27.3 Å². The van der Waals surface area contributed by atoms with E-state index >= 15 is 0 Å². The Labute approximate surface area is 381 Å². The largest absolute Gasteiger partial charge is 1.00 e. The highest BCUT2D eigenvalue weighted by molar-refractivity contribution is 5.88. The summed E-state index contributed by atoms with van der Waals surface area (Å²) in [6.07, 6.45) is -7.36. The van der Waals surface area contributed by atoms with Crippen LogP contribution in [0.15, 0.2) is 36.4 Å². The van der Waals surface area contributed by atoms with Crippen LogP contribution in [0.3, 0.4) is 0 Å². The minimum absolute atomic E-state index is 0. The zero-order chi connectivity index (χ0) is 45.9. The minimum atomic E-state index is -4.82. The molecule has 2 N–H and O–H groups in total. The van der Waals surface area contributed by atoms with E-state index in [1.54, 1.807) is 27.7 Å². The molecule has 2 aromatic heterocycles. The third kappa shape index (κ3) is 11.1. The molecule has 2 spiro atoms. The molecule has 65 heavy (non-hydrogen) atoms. The number of pyridine rings is 2. The summed E-state index contributed by atoms with van der Waals surface area (Å²) in [5.74, 6) is -0.476. The van der Waals surface area contributed by atoms with Crippen LogP contribution in [0, 0.1) is 13.8 Å². The van der Waals surface area contributed by atoms with Crippen molar-refractivity contribution in [3.05, 3.63) is 58.9 Å². The number of amides is 1. The maximum atomic E-state index is 12.9. The van der Waals surface area contributed by atoms with Crippen molar-refractivity contribution in [2.24, 2.45) is 0 Å². The average molecular weight is 966 g/mol. The Kier molecular flexibility index (Phi) is 14.5. The van der Waals surface area contributed by atoms with Crippen molar-refractivity contribution < 1.29 is 91.6 Å². The second-order valence-corrected chi connectivity index (χ2v) is 17.2. The Morgan fingerprint density at radius 1 is 0.754 bits per heavy atom. The number of hydrogen-bond acceptors (Lipinski definition) is 12. The van der Waals surface area contributed by atoms with Gasteiger partial charge in [-0.2, -0.15) is 0 Å². The molecule has 4 atom stereocenters. The molecule has 1 amide bonds. The number of methoxy groups -OCH3 is 2. The number of aryl methyl sites for hydroxylation is 4. The van der Waals surface area contributed by atoms with Gasteiger partial charge in [-0.15, -0.1) is 38.7 Å². The monoisotopic (exact) mass is 964 g/mol. The van der Waals surface area contributed by atoms with E-state index < -0.39 is 47.6 Å². The van der Waals surface area contributed by atoms with Crippen molar-refractivity contribution in [2.45, 2.75) is 115 Å². The maximum absolute atomic E-state index is 12.9. The van der Waals surface area contributed by atoms with Crippen molar-refractivity contribution >= 4 is 52.2 Å². The van der Waals surface area contributed by atoms with Gasteiger partial charge in [0.1, 0.15) is 46.8 Å². The number of nitrogens with zero attached hydrogens (tertiary/aromatic N) is 3. The standard InChI is InChI=1S/C24H27F3N2O6.C19H19F3N2O4.2ClH/c1-13-19-15(16-10-14(33-24(25,26)27)6-7-17(16)28-13)8-9-23(34-19)11-18(20(30)32-5)29(12-23)21(31)35-22(2,3)4;1-10-16-12(5-6-18(28-16)8-15(23-9-18)17(25)26-2)13-7-11(27-19(20,21)22)3-4-14(13)24-10;;/h6-7,10,18H,8-9,11-12H2,1-5H3;3-4,7,15,23H,5-6,8-9H2,1-2H3;2*1H/t18-,23?;15-,18?;;/m00../s1. The van der Waals surface area contributed by atoms with E-state index in [1.165, 1.54) is 55.5 Å². The van der Waals surface area contributed by atoms with Crippen LogP contribution in [0.4, 0.5) is 31.1 Å². The molecule has 6 heterocycles. The number of fused-ring (bicyclic) bond motifs is 6. The van der Waals surface area contributed by atoms with Crippen LogP contribution in [0.1, 0.15) is 69.0 Å². The van der Waals surface area contributed by atoms with E-state index in [-0.39, 0.29) is 61.3 Å². The lowest BCUT2D eigenvalue weighted by Crippen LogP contribution is -3.00. The first-order valence-electron chi connectivity index (χ1n) is 20.1. The molecule has 14 nitrogen and oxygen atoms in total. The summed E-state index contributed by atoms with van der Waals surface area (Å²) in [5, 5.41) is 2.99. The van der Waals surface area contributed by atoms with Crippen LogP contribution in [0.2, 0.25) is 0 Å². The van der Waals surface area contributed by atoms with Crippen molar-refractivity contribution in [1.82, 2.24) is 14.9 Å². The molecule has 2 unspecified atom stereocenters. The summed E-state index contributed by atoms with van der Waals surface area (Å²) in [5.41, 5.74) is 1.70. The fraction of sp³-hybridized carbons (Fsp3) is 0.512. The molecule has 4 aliphatic heterocycles. The van der Waals surface area contributed by atoms with Gasteiger partial charge in [-0.25, -0.2) is 24.4 Å². The van der Waals surface area contributed by atoms with E-state index in [1.807, 2.05) is 12.2 Å². The fourth-order valence-corrected chi connectivity index (χ4v) is 8.86. The Hall–Kier alpha value is -5.21. The molecule has 2 aromatic carbocycles. The Morgan fingerprint density at radius 3 is 1.69 bits per heavy atom. The molecule has 8 rings (SSSR count). The third-order valence-corrected chi connectivity index (χ3v) is 11.5. The molecular weight excluding hydrogens is 917 g/mol. The number of carbonyl (C=O) groups excluding carboxylic acids is 3. The molecular formula is C43H48Cl2F6N4O10. The second kappa shape index (κ2) is 18.6. The van der Waals surface area contributed by atoms with Crippen LogP contribution in [0.5, 0.6) is 23.0 Å². The van der Waals surface area contributed by atoms with E-state index in [2.05, 4.69) is 19.4 Å². The molecule has 2 saturated heterocycles. The Bertz CT molecular complexity index is 2470. The van der Waals surface area contributed by atoms with Crippen LogP contribution in [-0.4, -0.2) is 102 Å². The molecule has 0 aliphatic carbocycles. The summed E-state index contributed by atoms with van der Waals surface area (Å²) >= 11 is 0. The fourth-order valence-electron chi connectivity index (χ4n) is 8.86. The predicted molar refractivity (Wildman–Crippen MR) is 218 cm³/mol. The van der Waals surface area contributed by atoms with Crippen LogP contribution < -0.4 is 36.7 Å². The van der Waals surface area contributed by atoms with Crippen molar-refractivity contribution in [3.63, 3.8) is 0 Å². The van der Waals surface area contributed by atoms with Gasteiger partial charge in [-0.3, -0.25) is 4.90 Å². The molecule has 4 aliphatic rings. The SMILES string of the molecule is COC(=O)[C@@H]1CC2(CCc3c(c(C)nc4ccc(OC(F)(F)F)cc34)O2)CN1C(=O)OC(C)(C)C.COC(=O)[C@@H]1CC2(CCc3c(c(C)nc4ccc(OC(F)(F)F)cc34)O2)C[NH2+]1.Cl.[Cl-]. The first kappa shape index (κ1) is 50.8. The van der Waals surface area contributed by atoms with E-state index in [4.69, 9.17) is 23.7 Å². The molecule has 0 radical (unpaired) electrons. The summed E-state index contributed by atoms with van der Waals surface area (Å²) in [4.78, 5) is 47.5. The van der Waals surface area contributed by atoms with E-state index in [0.29, 0.717) is 88.9 Å². The Balaban J connectivity index is 0.000000242. The molecule has 356 valence electrons. The van der Waals surface area contributed by atoms with Gasteiger partial charge in [0.05, 0.1) is 49.6 Å². The zero-order valence-corrected chi connectivity index (χ0v) is 37.9. The lowest BCUT2D eigenvalue weighted by Gasteiger charge is -2.36. The van der Waals surface area contributed by atoms with Crippen LogP contribution in [-0.2, 0) is 36.6 Å². The summed E-state index contributed by atoms with van der Waals surface area (Å²) in [7, 11) is 2.61. The number of quaternary nitrogens is 1. The van der Waals surface area contributed by atoms with E-state index in [0.717, 1.165) is 5.56 Å². The summed E-state index contributed by atoms with van der Waals surface area (Å²) < 4.78 is 112. The number of benzene rings is 2. The number of carbonyl (C=O) groups is 3. The highest BCUT2D eigenvalue weighted by Crippen LogP contribution is 2.46. The normalized spacial score (nSPS) is 22.3. The van der Waals surface area contributed by atoms with E-state index in [9.17, 15) is 40.7 Å². The molecule has 22 heteroatoms. The predicted octanol–water partition coefficient (Wildman–Crippen LogP) is 4.13. The van der Waals surface area contributed by atoms with Gasteiger partial charge in [0.2, 0.25) is 0 Å². The average Bonchev–Trinajstić information content (AvgIpc) is 3.78. The smallest absolute Gasteiger partial charge is 0.573 e. The maximum Gasteiger partial charge on any atom is 0.573 e. The first-order valence-corrected chi connectivity index (χ1v) is 20.1. The number of nitrogens with two attached hydrogens (primary N) is 1. The van der Waals surface area contributed by atoms with Crippen molar-refractivity contribution in [1.29, 1.82) is 0 Å². The molecule has 0 bridgehead atoms. The highest BCUT2D eigenvalue weighted by atomic mass is 35.5. The topological polar surface area (TPSA) is 161 Å². The third-order valence-electron chi connectivity index (χ3n) is 11.5. The lowest BCUT2D eigenvalue weighted by atomic mass is 9.87. The van der Waals surface area contributed by atoms with Gasteiger partial charge in [0, 0.05) is 28.3 Å². The Morgan fingerprint density at radius 2 is 1.23 bits per heavy atom. The van der Waals surface area contributed by atoms with Gasteiger partial charge in [0.15, 0.2) is 11.6 Å². The second-order valence-electron chi connectivity index (χ2n) is 17.2. The number of halogens is 8. The van der Waals surface area contributed by atoms with Gasteiger partial charge < -0.3 is 50.9 Å². The molecule has 2 fully saturated rings. The number of likely N-dealkylation sites (tertiary alicyclic amines) is 1. The van der Waals surface area contributed by atoms with Crippen molar-refractivity contribution in [3.8, 4) is 23.0 Å². The zero-order valence-electron chi connectivity index (χ0n) is 36.3. The number of alkyl halides is 6. The lowest BCUT2D eigenvalue weighted by molar-refractivity contribution is -0.663. The van der Waals surface area contributed by atoms with Gasteiger partial charge in [0.25, 0.3) is 0 Å². The number of esters is 2. The van der Waals surface area contributed by atoms with Crippen LogP contribution in [0.25, 0.3) is 21.8 Å². The number of rotatable bonds is 4. The highest BCUT2D eigenvalue weighted by Gasteiger charge is 2.54. The number of ether oxygens (including phenoxy) is 7. The quantitative estimate of drug-likeness (QED) is 0.177. The summed E-state index contributed by atoms with van der Waals surface area (Å²) in [6.45, 7) is 9.46. The van der Waals surface area contributed by atoms with Crippen LogP contribution >= 0.6 is 12.4 Å².